The summed E-state index contributed by atoms with van der Waals surface area (Å²) in [6, 6.07) is 6.29. The largest absolute Gasteiger partial charge is 0.435 e. The van der Waals surface area contributed by atoms with Gasteiger partial charge in [0.05, 0.1) is 5.69 Å². The molecule has 0 saturated carbocycles. The van der Waals surface area contributed by atoms with Gasteiger partial charge in [-0.15, -0.1) is 0 Å². The van der Waals surface area contributed by atoms with Gasteiger partial charge in [0.2, 0.25) is 0 Å². The molecular formula is C18H12BrF5N2O2S. The highest BCUT2D eigenvalue weighted by atomic mass is 79.9. The summed E-state index contributed by atoms with van der Waals surface area (Å²) in [5, 5.41) is 3.39. The summed E-state index contributed by atoms with van der Waals surface area (Å²) in [7, 11) is -4.08. The first kappa shape index (κ1) is 21.4. The van der Waals surface area contributed by atoms with Gasteiger partial charge in [0.15, 0.2) is 15.5 Å². The number of nitrogens with zero attached hydrogens (tertiary/aromatic N) is 2. The van der Waals surface area contributed by atoms with E-state index < -0.39 is 43.9 Å². The van der Waals surface area contributed by atoms with Gasteiger partial charge in [0.25, 0.3) is 0 Å². The maximum atomic E-state index is 14.6. The second kappa shape index (κ2) is 7.21. The first-order valence-electron chi connectivity index (χ1n) is 7.92. The molecule has 11 heteroatoms. The van der Waals surface area contributed by atoms with Crippen molar-refractivity contribution < 1.29 is 30.4 Å². The molecule has 0 aliphatic heterocycles. The van der Waals surface area contributed by atoms with Crippen LogP contribution < -0.4 is 0 Å². The first-order chi connectivity index (χ1) is 13.3. The summed E-state index contributed by atoms with van der Waals surface area (Å²) >= 11 is 3.28. The van der Waals surface area contributed by atoms with E-state index in [0.29, 0.717) is 33.6 Å². The van der Waals surface area contributed by atoms with Crippen molar-refractivity contribution in [2.24, 2.45) is 0 Å². The van der Waals surface area contributed by atoms with Crippen LogP contribution >= 0.6 is 15.9 Å². The average Bonchev–Trinajstić information content (AvgIpc) is 3.03. The van der Waals surface area contributed by atoms with E-state index in [-0.39, 0.29) is 11.3 Å². The van der Waals surface area contributed by atoms with Crippen LogP contribution in [0.15, 0.2) is 45.8 Å². The Bertz CT molecular complexity index is 1220. The molecule has 0 amide bonds. The molecule has 3 rings (SSSR count). The molecule has 0 aliphatic carbocycles. The molecule has 0 atom stereocenters. The Balaban J connectivity index is 2.30. The molecule has 29 heavy (non-hydrogen) atoms. The number of hydrogen-bond donors (Lipinski definition) is 0. The lowest BCUT2D eigenvalue weighted by Crippen LogP contribution is -2.10. The summed E-state index contributed by atoms with van der Waals surface area (Å²) in [5.41, 5.74) is -1.04. The minimum Gasteiger partial charge on any atom is -0.229 e. The van der Waals surface area contributed by atoms with Crippen LogP contribution in [0.2, 0.25) is 0 Å². The van der Waals surface area contributed by atoms with Crippen LogP contribution in [0.5, 0.6) is 0 Å². The van der Waals surface area contributed by atoms with E-state index in [1.165, 1.54) is 12.1 Å². The molecule has 0 saturated heterocycles. The normalized spacial score (nSPS) is 12.4. The van der Waals surface area contributed by atoms with E-state index in [4.69, 9.17) is 0 Å². The average molecular weight is 495 g/mol. The summed E-state index contributed by atoms with van der Waals surface area (Å²) < 4.78 is 92.9. The van der Waals surface area contributed by atoms with Crippen LogP contribution in [0.25, 0.3) is 16.9 Å². The van der Waals surface area contributed by atoms with Gasteiger partial charge >= 0.3 is 6.18 Å². The molecule has 3 aromatic rings. The molecule has 0 radical (unpaired) electrons. The van der Waals surface area contributed by atoms with Gasteiger partial charge < -0.3 is 0 Å². The van der Waals surface area contributed by atoms with Gasteiger partial charge in [-0.1, -0.05) is 28.1 Å². The Morgan fingerprint density at radius 1 is 1.03 bits per heavy atom. The third-order valence-electron chi connectivity index (χ3n) is 4.10. The molecule has 4 nitrogen and oxygen atoms in total. The second-order valence-corrected chi connectivity index (χ2v) is 9.13. The summed E-state index contributed by atoms with van der Waals surface area (Å²) in [5.74, 6) is -2.54. The molecule has 1 aromatic heterocycles. The monoisotopic (exact) mass is 494 g/mol. The first-order valence-corrected chi connectivity index (χ1v) is 10.6. The fraction of sp³-hybridized carbons (Fsp3) is 0.167. The summed E-state index contributed by atoms with van der Waals surface area (Å²) in [6.45, 7) is 1.77. The Hall–Kier alpha value is -2.27. The quantitative estimate of drug-likeness (QED) is 0.463. The molecule has 2 aromatic carbocycles. The van der Waals surface area contributed by atoms with E-state index >= 15 is 0 Å². The fourth-order valence-corrected chi connectivity index (χ4v) is 3.74. The fourth-order valence-electron chi connectivity index (χ4n) is 2.63. The number of aromatic nitrogens is 2. The highest BCUT2D eigenvalue weighted by Crippen LogP contribution is 2.35. The molecule has 0 N–H and O–H groups in total. The molecule has 1 heterocycles. The minimum atomic E-state index is -4.83. The molecule has 0 unspecified atom stereocenters. The van der Waals surface area contributed by atoms with Crippen molar-refractivity contribution in [3.05, 3.63) is 63.8 Å². The van der Waals surface area contributed by atoms with Crippen molar-refractivity contribution in [2.45, 2.75) is 18.0 Å². The lowest BCUT2D eigenvalue weighted by molar-refractivity contribution is -0.141. The lowest BCUT2D eigenvalue weighted by Gasteiger charge is -2.11. The Morgan fingerprint density at radius 3 is 2.24 bits per heavy atom. The van der Waals surface area contributed by atoms with Crippen molar-refractivity contribution in [1.29, 1.82) is 0 Å². The van der Waals surface area contributed by atoms with Crippen LogP contribution in [0, 0.1) is 18.6 Å². The topological polar surface area (TPSA) is 52.0 Å². The van der Waals surface area contributed by atoms with Crippen molar-refractivity contribution in [3.8, 4) is 16.9 Å². The molecule has 0 aliphatic rings. The van der Waals surface area contributed by atoms with E-state index in [1.807, 2.05) is 0 Å². The SMILES string of the molecule is Cc1ccc(-c2cc(C(F)(F)F)nn2-c2cc(F)c(S(C)(=O)=O)cc2F)cc1Br. The number of hydrogen-bond acceptors (Lipinski definition) is 3. The Kier molecular flexibility index (Phi) is 5.33. The summed E-state index contributed by atoms with van der Waals surface area (Å²) in [6.07, 6.45) is -4.14. The van der Waals surface area contributed by atoms with E-state index in [9.17, 15) is 30.4 Å². The van der Waals surface area contributed by atoms with Gasteiger partial charge in [-0.05, 0) is 30.7 Å². The van der Waals surface area contributed by atoms with Crippen molar-refractivity contribution >= 4 is 25.8 Å². The third-order valence-corrected chi connectivity index (χ3v) is 6.06. The molecular weight excluding hydrogens is 483 g/mol. The number of rotatable bonds is 3. The number of halogens is 6. The van der Waals surface area contributed by atoms with Crippen molar-refractivity contribution in [2.75, 3.05) is 6.26 Å². The van der Waals surface area contributed by atoms with Gasteiger partial charge in [0, 0.05) is 22.4 Å². The molecule has 0 bridgehead atoms. The number of alkyl halides is 3. The summed E-state index contributed by atoms with van der Waals surface area (Å²) in [4.78, 5) is -0.901. The van der Waals surface area contributed by atoms with E-state index in [0.717, 1.165) is 5.56 Å². The van der Waals surface area contributed by atoms with Crippen molar-refractivity contribution in [3.63, 3.8) is 0 Å². The molecule has 0 fully saturated rings. The Labute approximate surface area is 171 Å². The molecule has 0 spiro atoms. The predicted molar refractivity (Wildman–Crippen MR) is 99.5 cm³/mol. The van der Waals surface area contributed by atoms with Crippen LogP contribution in [0.4, 0.5) is 22.0 Å². The van der Waals surface area contributed by atoms with Crippen LogP contribution in [-0.2, 0) is 16.0 Å². The van der Waals surface area contributed by atoms with Gasteiger partial charge in [-0.25, -0.2) is 21.9 Å². The maximum absolute atomic E-state index is 14.6. The van der Waals surface area contributed by atoms with Gasteiger partial charge in [-0.3, -0.25) is 0 Å². The standard InChI is InChI=1S/C18H12BrF5N2O2S/c1-9-3-4-10(5-11(9)19)14-8-17(18(22,23)24)25-26(14)15-6-13(21)16(7-12(15)20)29(2,27)28/h3-8H,1-2H3. The minimum absolute atomic E-state index is 0.150. The van der Waals surface area contributed by atoms with Gasteiger partial charge in [0.1, 0.15) is 22.2 Å². The molecule has 154 valence electrons. The smallest absolute Gasteiger partial charge is 0.229 e. The highest BCUT2D eigenvalue weighted by molar-refractivity contribution is 9.10. The predicted octanol–water partition coefficient (Wildman–Crippen LogP) is 5.31. The number of aryl methyl sites for hydroxylation is 1. The van der Waals surface area contributed by atoms with Crippen LogP contribution in [0.1, 0.15) is 11.3 Å². The van der Waals surface area contributed by atoms with Crippen molar-refractivity contribution in [1.82, 2.24) is 9.78 Å². The van der Waals surface area contributed by atoms with Crippen LogP contribution in [0.3, 0.4) is 0 Å². The third kappa shape index (κ3) is 4.20. The number of sulfone groups is 1. The second-order valence-electron chi connectivity index (χ2n) is 6.29. The Morgan fingerprint density at radius 2 is 1.69 bits per heavy atom. The van der Waals surface area contributed by atoms with Crippen LogP contribution in [-0.4, -0.2) is 24.5 Å². The van der Waals surface area contributed by atoms with Gasteiger partial charge in [-0.2, -0.15) is 18.3 Å². The zero-order valence-electron chi connectivity index (χ0n) is 14.9. The van der Waals surface area contributed by atoms with E-state index in [2.05, 4.69) is 21.0 Å². The lowest BCUT2D eigenvalue weighted by atomic mass is 10.1. The van der Waals surface area contributed by atoms with E-state index in [1.54, 1.807) is 13.0 Å². The zero-order chi connectivity index (χ0) is 21.7. The zero-order valence-corrected chi connectivity index (χ0v) is 17.3. The highest BCUT2D eigenvalue weighted by Gasteiger charge is 2.36. The maximum Gasteiger partial charge on any atom is 0.435 e. The number of benzene rings is 2.